The summed E-state index contributed by atoms with van der Waals surface area (Å²) in [7, 11) is 0. The van der Waals surface area contributed by atoms with Crippen LogP contribution in [0.4, 0.5) is 4.39 Å². The van der Waals surface area contributed by atoms with Crippen LogP contribution in [0.15, 0.2) is 30.3 Å². The van der Waals surface area contributed by atoms with Crippen LogP contribution in [-0.4, -0.2) is 11.4 Å². The molecule has 0 saturated heterocycles. The average molecular weight is 190 g/mol. The molecular weight excluding hydrogens is 183 g/mol. The van der Waals surface area contributed by atoms with Gasteiger partial charge in [-0.1, -0.05) is 12.1 Å². The van der Waals surface area contributed by atoms with Gasteiger partial charge in [-0.15, -0.1) is 0 Å². The van der Waals surface area contributed by atoms with Gasteiger partial charge in [-0.3, -0.25) is 4.79 Å². The van der Waals surface area contributed by atoms with Crippen LogP contribution < -0.4 is 0 Å². The number of aldehydes is 1. The van der Waals surface area contributed by atoms with E-state index in [0.717, 1.165) is 0 Å². The summed E-state index contributed by atoms with van der Waals surface area (Å²) in [4.78, 5) is 10.7. The molecule has 0 fully saturated rings. The first-order valence-corrected chi connectivity index (χ1v) is 4.09. The largest absolute Gasteiger partial charge is 0.507 e. The topological polar surface area (TPSA) is 37.3 Å². The first-order valence-electron chi connectivity index (χ1n) is 4.09. The third kappa shape index (κ3) is 1.14. The molecule has 0 unspecified atom stereocenters. The molecule has 0 aliphatic rings. The molecule has 0 radical (unpaired) electrons. The fraction of sp³-hybridized carbons (Fsp3) is 0. The lowest BCUT2D eigenvalue weighted by Gasteiger charge is -2.03. The van der Waals surface area contributed by atoms with Gasteiger partial charge in [0, 0.05) is 16.3 Å². The van der Waals surface area contributed by atoms with Gasteiger partial charge >= 0.3 is 0 Å². The molecule has 0 aromatic heterocycles. The molecule has 1 N–H and O–H groups in total. The number of hydrogen-bond donors (Lipinski definition) is 1. The SMILES string of the molecule is O=Cc1ccc(F)c2cccc(O)c12. The Morgan fingerprint density at radius 3 is 2.71 bits per heavy atom. The van der Waals surface area contributed by atoms with E-state index < -0.39 is 5.82 Å². The maximum Gasteiger partial charge on any atom is 0.150 e. The zero-order valence-electron chi connectivity index (χ0n) is 7.20. The van der Waals surface area contributed by atoms with Crippen molar-refractivity contribution in [1.29, 1.82) is 0 Å². The van der Waals surface area contributed by atoms with E-state index in [9.17, 15) is 14.3 Å². The van der Waals surface area contributed by atoms with Crippen molar-refractivity contribution in [3.8, 4) is 5.75 Å². The standard InChI is InChI=1S/C11H7FO2/c12-9-5-4-7(6-13)11-8(9)2-1-3-10(11)14/h1-6,14H. The number of carbonyl (C=O) groups excluding carboxylic acids is 1. The maximum absolute atomic E-state index is 13.3. The molecule has 0 heterocycles. The van der Waals surface area contributed by atoms with E-state index >= 15 is 0 Å². The van der Waals surface area contributed by atoms with Crippen LogP contribution in [0.25, 0.3) is 10.8 Å². The number of benzene rings is 2. The summed E-state index contributed by atoms with van der Waals surface area (Å²) in [5.74, 6) is -0.523. The molecule has 2 nitrogen and oxygen atoms in total. The Labute approximate surface area is 79.6 Å². The number of phenolic OH excluding ortho intramolecular Hbond substituents is 1. The molecule has 0 aliphatic carbocycles. The van der Waals surface area contributed by atoms with Crippen molar-refractivity contribution >= 4 is 17.1 Å². The Morgan fingerprint density at radius 1 is 1.21 bits per heavy atom. The van der Waals surface area contributed by atoms with Gasteiger partial charge in [0.25, 0.3) is 0 Å². The van der Waals surface area contributed by atoms with Crippen LogP contribution in [0.3, 0.4) is 0 Å². The van der Waals surface area contributed by atoms with Crippen molar-refractivity contribution in [2.75, 3.05) is 0 Å². The van der Waals surface area contributed by atoms with E-state index in [-0.39, 0.29) is 16.5 Å². The van der Waals surface area contributed by atoms with Crippen LogP contribution in [0.5, 0.6) is 5.75 Å². The van der Waals surface area contributed by atoms with E-state index in [1.54, 1.807) is 0 Å². The molecule has 14 heavy (non-hydrogen) atoms. The predicted octanol–water partition coefficient (Wildman–Crippen LogP) is 2.50. The predicted molar refractivity (Wildman–Crippen MR) is 51.0 cm³/mol. The lowest BCUT2D eigenvalue weighted by molar-refractivity contribution is 0.112. The van der Waals surface area contributed by atoms with Crippen molar-refractivity contribution in [3.63, 3.8) is 0 Å². The van der Waals surface area contributed by atoms with E-state index in [0.29, 0.717) is 11.8 Å². The second kappa shape index (κ2) is 3.10. The third-order valence-electron chi connectivity index (χ3n) is 2.12. The highest BCUT2D eigenvalue weighted by Crippen LogP contribution is 2.28. The molecule has 2 aromatic rings. The van der Waals surface area contributed by atoms with Gasteiger partial charge in [0.1, 0.15) is 11.6 Å². The second-order valence-corrected chi connectivity index (χ2v) is 2.95. The molecule has 0 spiro atoms. The Kier molecular flexibility index (Phi) is 1.93. The molecule has 0 aliphatic heterocycles. The molecule has 70 valence electrons. The Bertz CT molecular complexity index is 506. The van der Waals surface area contributed by atoms with Crippen molar-refractivity contribution < 1.29 is 14.3 Å². The summed E-state index contributed by atoms with van der Waals surface area (Å²) in [6.45, 7) is 0. The van der Waals surface area contributed by atoms with Crippen LogP contribution >= 0.6 is 0 Å². The number of rotatable bonds is 1. The van der Waals surface area contributed by atoms with Crippen LogP contribution in [0, 0.1) is 5.82 Å². The maximum atomic E-state index is 13.3. The molecular formula is C11H7FO2. The highest BCUT2D eigenvalue weighted by molar-refractivity contribution is 6.01. The van der Waals surface area contributed by atoms with Crippen molar-refractivity contribution in [2.45, 2.75) is 0 Å². The lowest BCUT2D eigenvalue weighted by atomic mass is 10.0. The quantitative estimate of drug-likeness (QED) is 0.701. The summed E-state index contributed by atoms with van der Waals surface area (Å²) < 4.78 is 13.3. The van der Waals surface area contributed by atoms with Gasteiger partial charge in [-0.05, 0) is 18.2 Å². The minimum Gasteiger partial charge on any atom is -0.507 e. The van der Waals surface area contributed by atoms with Crippen molar-refractivity contribution in [1.82, 2.24) is 0 Å². The first-order chi connectivity index (χ1) is 6.74. The number of aromatic hydroxyl groups is 1. The molecule has 0 amide bonds. The lowest BCUT2D eigenvalue weighted by Crippen LogP contribution is -1.87. The second-order valence-electron chi connectivity index (χ2n) is 2.95. The number of phenols is 1. The highest BCUT2D eigenvalue weighted by atomic mass is 19.1. The zero-order valence-corrected chi connectivity index (χ0v) is 7.20. The minimum atomic E-state index is -0.443. The molecule has 0 atom stereocenters. The van der Waals surface area contributed by atoms with Gasteiger partial charge in [-0.25, -0.2) is 4.39 Å². The van der Waals surface area contributed by atoms with Crippen molar-refractivity contribution in [3.05, 3.63) is 41.7 Å². The van der Waals surface area contributed by atoms with Gasteiger partial charge < -0.3 is 5.11 Å². The molecule has 0 saturated carbocycles. The van der Waals surface area contributed by atoms with E-state index in [4.69, 9.17) is 0 Å². The smallest absolute Gasteiger partial charge is 0.150 e. The summed E-state index contributed by atoms with van der Waals surface area (Å²) in [5.41, 5.74) is 0.291. The molecule has 3 heteroatoms. The normalized spacial score (nSPS) is 10.4. The number of hydrogen-bond acceptors (Lipinski definition) is 2. The van der Waals surface area contributed by atoms with Gasteiger partial charge in [0.05, 0.1) is 0 Å². The molecule has 2 rings (SSSR count). The number of carbonyl (C=O) groups is 1. The van der Waals surface area contributed by atoms with Gasteiger partial charge in [-0.2, -0.15) is 0 Å². The fourth-order valence-electron chi connectivity index (χ4n) is 1.48. The number of halogens is 1. The highest BCUT2D eigenvalue weighted by Gasteiger charge is 2.08. The third-order valence-corrected chi connectivity index (χ3v) is 2.12. The Morgan fingerprint density at radius 2 is 2.00 bits per heavy atom. The Balaban J connectivity index is 2.99. The van der Waals surface area contributed by atoms with Gasteiger partial charge in [0.15, 0.2) is 6.29 Å². The molecule has 0 bridgehead atoms. The summed E-state index contributed by atoms with van der Waals surface area (Å²) >= 11 is 0. The van der Waals surface area contributed by atoms with E-state index in [1.165, 1.54) is 30.3 Å². The fourth-order valence-corrected chi connectivity index (χ4v) is 1.48. The van der Waals surface area contributed by atoms with Crippen LogP contribution in [0.2, 0.25) is 0 Å². The summed E-state index contributed by atoms with van der Waals surface area (Å²) in [6.07, 6.45) is 0.599. The van der Waals surface area contributed by atoms with Crippen molar-refractivity contribution in [2.24, 2.45) is 0 Å². The summed E-state index contributed by atoms with van der Waals surface area (Å²) in [5, 5.41) is 10.0. The average Bonchev–Trinajstić information content (AvgIpc) is 2.20. The summed E-state index contributed by atoms with van der Waals surface area (Å²) in [6, 6.07) is 7.05. The van der Waals surface area contributed by atoms with E-state index in [2.05, 4.69) is 0 Å². The monoisotopic (exact) mass is 190 g/mol. The van der Waals surface area contributed by atoms with Crippen LogP contribution in [0.1, 0.15) is 10.4 Å². The molecule has 2 aromatic carbocycles. The number of fused-ring (bicyclic) bond motifs is 1. The van der Waals surface area contributed by atoms with Crippen LogP contribution in [-0.2, 0) is 0 Å². The van der Waals surface area contributed by atoms with E-state index in [1.807, 2.05) is 0 Å². The Hall–Kier alpha value is -1.90. The van der Waals surface area contributed by atoms with Gasteiger partial charge in [0.2, 0.25) is 0 Å². The zero-order chi connectivity index (χ0) is 10.1. The minimum absolute atomic E-state index is 0.0795. The first kappa shape index (κ1) is 8.69.